The van der Waals surface area contributed by atoms with Crippen molar-refractivity contribution in [2.75, 3.05) is 0 Å². The number of hydrogen-bond donors (Lipinski definition) is 0. The van der Waals surface area contributed by atoms with Crippen LogP contribution in [0.3, 0.4) is 0 Å². The third-order valence-electron chi connectivity index (χ3n) is 6.59. The second-order valence-electron chi connectivity index (χ2n) is 9.61. The number of rotatable bonds is 20. The van der Waals surface area contributed by atoms with Gasteiger partial charge in [-0.3, -0.25) is 0 Å². The minimum Gasteiger partial charge on any atom is -0.0654 e. The first-order valence-corrected chi connectivity index (χ1v) is 12.6. The van der Waals surface area contributed by atoms with Crippen molar-refractivity contribution in [2.45, 2.75) is 157 Å². The molecule has 0 aromatic carbocycles. The molecule has 158 valence electrons. The summed E-state index contributed by atoms with van der Waals surface area (Å²) in [4.78, 5) is 0. The van der Waals surface area contributed by atoms with Crippen molar-refractivity contribution in [1.29, 1.82) is 0 Å². The highest BCUT2D eigenvalue weighted by Crippen LogP contribution is 2.39. The Hall–Kier alpha value is 0. The SMILES string of the molecule is CCCCCCCCCCC(C)(C)C(CCCC)CCCCCCCC. The lowest BCUT2D eigenvalue weighted by Crippen LogP contribution is -2.24. The standard InChI is InChI=1S/C26H54/c1-6-9-12-14-16-17-19-21-24-26(4,5)25(22-11-8-3)23-20-18-15-13-10-7-2/h25H,6-24H2,1-5H3. The summed E-state index contributed by atoms with van der Waals surface area (Å²) in [7, 11) is 0. The van der Waals surface area contributed by atoms with Crippen LogP contribution in [0.25, 0.3) is 0 Å². The summed E-state index contributed by atoms with van der Waals surface area (Å²) in [5, 5.41) is 0. The molecule has 0 nitrogen and oxygen atoms in total. The molecule has 0 saturated heterocycles. The lowest BCUT2D eigenvalue weighted by atomic mass is 9.70. The molecule has 0 aromatic rings. The van der Waals surface area contributed by atoms with E-state index in [-0.39, 0.29) is 0 Å². The van der Waals surface area contributed by atoms with Gasteiger partial charge in [-0.15, -0.1) is 0 Å². The van der Waals surface area contributed by atoms with E-state index in [1.54, 1.807) is 0 Å². The maximum absolute atomic E-state index is 2.58. The van der Waals surface area contributed by atoms with Crippen LogP contribution in [0.5, 0.6) is 0 Å². The van der Waals surface area contributed by atoms with E-state index in [1.807, 2.05) is 0 Å². The Balaban J connectivity index is 4.01. The van der Waals surface area contributed by atoms with E-state index in [2.05, 4.69) is 34.6 Å². The first-order valence-electron chi connectivity index (χ1n) is 12.6. The van der Waals surface area contributed by atoms with Gasteiger partial charge in [-0.2, -0.15) is 0 Å². The van der Waals surface area contributed by atoms with Crippen molar-refractivity contribution in [1.82, 2.24) is 0 Å². The van der Waals surface area contributed by atoms with E-state index in [9.17, 15) is 0 Å². The largest absolute Gasteiger partial charge is 0.0654 e. The molecule has 0 aliphatic heterocycles. The summed E-state index contributed by atoms with van der Waals surface area (Å²) in [6.07, 6.45) is 27.4. The van der Waals surface area contributed by atoms with Crippen LogP contribution in [0.2, 0.25) is 0 Å². The second-order valence-corrected chi connectivity index (χ2v) is 9.61. The van der Waals surface area contributed by atoms with Crippen molar-refractivity contribution >= 4 is 0 Å². The summed E-state index contributed by atoms with van der Waals surface area (Å²) in [6, 6.07) is 0. The maximum atomic E-state index is 2.58. The van der Waals surface area contributed by atoms with Gasteiger partial charge in [0, 0.05) is 0 Å². The van der Waals surface area contributed by atoms with Gasteiger partial charge in [-0.1, -0.05) is 137 Å². The molecule has 0 bridgehead atoms. The molecule has 0 fully saturated rings. The smallest absolute Gasteiger partial charge is 0.0326 e. The molecule has 0 saturated carbocycles. The number of unbranched alkanes of at least 4 members (excludes halogenated alkanes) is 13. The third kappa shape index (κ3) is 15.1. The normalized spacial score (nSPS) is 13.3. The Labute approximate surface area is 168 Å². The monoisotopic (exact) mass is 366 g/mol. The molecular weight excluding hydrogens is 312 g/mol. The molecule has 1 atom stereocenters. The molecule has 0 radical (unpaired) electrons. The van der Waals surface area contributed by atoms with Gasteiger partial charge >= 0.3 is 0 Å². The summed E-state index contributed by atoms with van der Waals surface area (Å²) < 4.78 is 0. The Morgan fingerprint density at radius 1 is 0.462 bits per heavy atom. The fourth-order valence-corrected chi connectivity index (χ4v) is 4.47. The Kier molecular flexibility index (Phi) is 18.4. The summed E-state index contributed by atoms with van der Waals surface area (Å²) in [5.41, 5.74) is 0.556. The highest BCUT2D eigenvalue weighted by molar-refractivity contribution is 4.78. The summed E-state index contributed by atoms with van der Waals surface area (Å²) >= 11 is 0. The van der Waals surface area contributed by atoms with Gasteiger partial charge in [0.05, 0.1) is 0 Å². The zero-order chi connectivity index (χ0) is 19.5. The van der Waals surface area contributed by atoms with Gasteiger partial charge in [0.2, 0.25) is 0 Å². The molecule has 0 spiro atoms. The first-order chi connectivity index (χ1) is 12.6. The predicted octanol–water partition coefficient (Wildman–Crippen LogP) is 10.1. The zero-order valence-electron chi connectivity index (χ0n) is 19.5. The lowest BCUT2D eigenvalue weighted by molar-refractivity contribution is 0.159. The molecule has 0 aliphatic carbocycles. The van der Waals surface area contributed by atoms with Crippen LogP contribution in [-0.4, -0.2) is 0 Å². The van der Waals surface area contributed by atoms with Crippen molar-refractivity contribution in [2.24, 2.45) is 11.3 Å². The van der Waals surface area contributed by atoms with Crippen LogP contribution in [0.1, 0.15) is 157 Å². The van der Waals surface area contributed by atoms with E-state index in [1.165, 1.54) is 122 Å². The van der Waals surface area contributed by atoms with Crippen LogP contribution in [-0.2, 0) is 0 Å². The summed E-state index contributed by atoms with van der Waals surface area (Å²) in [5.74, 6) is 0.957. The van der Waals surface area contributed by atoms with Gasteiger partial charge in [-0.05, 0) is 30.6 Å². The van der Waals surface area contributed by atoms with Crippen LogP contribution in [0.15, 0.2) is 0 Å². The van der Waals surface area contributed by atoms with Crippen molar-refractivity contribution in [3.8, 4) is 0 Å². The lowest BCUT2D eigenvalue weighted by Gasteiger charge is -2.35. The first kappa shape index (κ1) is 26.0. The molecule has 0 N–H and O–H groups in total. The fourth-order valence-electron chi connectivity index (χ4n) is 4.47. The molecule has 0 aromatic heterocycles. The van der Waals surface area contributed by atoms with E-state index < -0.39 is 0 Å². The molecule has 0 heteroatoms. The van der Waals surface area contributed by atoms with E-state index >= 15 is 0 Å². The van der Waals surface area contributed by atoms with Crippen molar-refractivity contribution < 1.29 is 0 Å². The Bertz CT molecular complexity index is 265. The van der Waals surface area contributed by atoms with Crippen LogP contribution >= 0.6 is 0 Å². The molecule has 0 heterocycles. The van der Waals surface area contributed by atoms with Gasteiger partial charge in [0.15, 0.2) is 0 Å². The topological polar surface area (TPSA) is 0 Å². The molecule has 26 heavy (non-hydrogen) atoms. The van der Waals surface area contributed by atoms with Crippen LogP contribution in [0.4, 0.5) is 0 Å². The minimum atomic E-state index is 0.556. The second kappa shape index (κ2) is 18.4. The van der Waals surface area contributed by atoms with Gasteiger partial charge in [0.25, 0.3) is 0 Å². The van der Waals surface area contributed by atoms with E-state index in [0.717, 1.165) is 5.92 Å². The van der Waals surface area contributed by atoms with Gasteiger partial charge in [0.1, 0.15) is 0 Å². The van der Waals surface area contributed by atoms with Crippen molar-refractivity contribution in [3.05, 3.63) is 0 Å². The highest BCUT2D eigenvalue weighted by atomic mass is 14.3. The average molecular weight is 367 g/mol. The van der Waals surface area contributed by atoms with E-state index in [0.29, 0.717) is 5.41 Å². The Morgan fingerprint density at radius 3 is 1.35 bits per heavy atom. The highest BCUT2D eigenvalue weighted by Gasteiger charge is 2.27. The molecule has 1 unspecified atom stereocenters. The molecule has 0 rings (SSSR count). The average Bonchev–Trinajstić information content (AvgIpc) is 2.62. The molecule has 0 aliphatic rings. The zero-order valence-corrected chi connectivity index (χ0v) is 19.5. The quantitative estimate of drug-likeness (QED) is 0.188. The predicted molar refractivity (Wildman–Crippen MR) is 122 cm³/mol. The number of hydrogen-bond acceptors (Lipinski definition) is 0. The maximum Gasteiger partial charge on any atom is -0.0326 e. The van der Waals surface area contributed by atoms with Crippen molar-refractivity contribution in [3.63, 3.8) is 0 Å². The molecular formula is C26H54. The van der Waals surface area contributed by atoms with Gasteiger partial charge < -0.3 is 0 Å². The fraction of sp³-hybridized carbons (Fsp3) is 1.00. The van der Waals surface area contributed by atoms with Crippen LogP contribution in [0, 0.1) is 11.3 Å². The summed E-state index contributed by atoms with van der Waals surface area (Å²) in [6.45, 7) is 12.1. The van der Waals surface area contributed by atoms with Crippen LogP contribution < -0.4 is 0 Å². The Morgan fingerprint density at radius 2 is 0.846 bits per heavy atom. The van der Waals surface area contributed by atoms with Gasteiger partial charge in [-0.25, -0.2) is 0 Å². The molecule has 0 amide bonds. The van der Waals surface area contributed by atoms with E-state index in [4.69, 9.17) is 0 Å². The minimum absolute atomic E-state index is 0.556. The third-order valence-corrected chi connectivity index (χ3v) is 6.59.